The number of unbranched alkanes of at least 4 members (excludes halogenated alkanes) is 1. The lowest BCUT2D eigenvalue weighted by Crippen LogP contribution is -2.12. The molecule has 0 atom stereocenters. The van der Waals surface area contributed by atoms with Crippen LogP contribution in [0.25, 0.3) is 0 Å². The number of hydrogen-bond donors (Lipinski definition) is 1. The molecule has 0 amide bonds. The molecule has 1 N–H and O–H groups in total. The molecule has 0 aliphatic heterocycles. The van der Waals surface area contributed by atoms with Crippen LogP contribution in [0.1, 0.15) is 26.2 Å². The average Bonchev–Trinajstić information content (AvgIpc) is 2.41. The van der Waals surface area contributed by atoms with Crippen LogP contribution >= 0.6 is 0 Å². The summed E-state index contributed by atoms with van der Waals surface area (Å²) in [6, 6.07) is 0. The Kier molecular flexibility index (Phi) is 3.07. The van der Waals surface area contributed by atoms with Gasteiger partial charge in [-0.25, -0.2) is 0 Å². The molecule has 0 aromatic carbocycles. The molecule has 0 spiro atoms. The van der Waals surface area contributed by atoms with Gasteiger partial charge in [-0.1, -0.05) is 25.5 Å². The Morgan fingerprint density at radius 3 is 3.10 bits per heavy atom. The molecular formula is C9H15N. The number of allylic oxidation sites excluding steroid dienone is 3. The lowest BCUT2D eigenvalue weighted by molar-refractivity contribution is 0.703. The van der Waals surface area contributed by atoms with Gasteiger partial charge in [0.25, 0.3) is 0 Å². The lowest BCUT2D eigenvalue weighted by Gasteiger charge is -2.04. The van der Waals surface area contributed by atoms with Gasteiger partial charge in [0.1, 0.15) is 0 Å². The summed E-state index contributed by atoms with van der Waals surface area (Å²) >= 11 is 0. The van der Waals surface area contributed by atoms with Crippen molar-refractivity contribution >= 4 is 0 Å². The van der Waals surface area contributed by atoms with Gasteiger partial charge < -0.3 is 5.32 Å². The highest BCUT2D eigenvalue weighted by Gasteiger charge is 1.95. The third-order valence-corrected chi connectivity index (χ3v) is 1.65. The molecule has 1 rings (SSSR count). The summed E-state index contributed by atoms with van der Waals surface area (Å²) in [6.45, 7) is 3.34. The molecule has 0 radical (unpaired) electrons. The summed E-state index contributed by atoms with van der Waals surface area (Å²) < 4.78 is 0. The normalized spacial score (nSPS) is 15.5. The van der Waals surface area contributed by atoms with Crippen molar-refractivity contribution in [2.45, 2.75) is 26.2 Å². The minimum absolute atomic E-state index is 1.10. The molecule has 1 aliphatic carbocycles. The summed E-state index contributed by atoms with van der Waals surface area (Å²) in [4.78, 5) is 0. The van der Waals surface area contributed by atoms with E-state index in [1.54, 1.807) is 0 Å². The first-order chi connectivity index (χ1) is 4.93. The Bertz CT molecular complexity index is 145. The van der Waals surface area contributed by atoms with Crippen LogP contribution in [0.5, 0.6) is 0 Å². The zero-order valence-corrected chi connectivity index (χ0v) is 6.56. The molecule has 1 heteroatoms. The van der Waals surface area contributed by atoms with E-state index >= 15 is 0 Å². The molecule has 0 unspecified atom stereocenters. The Balaban J connectivity index is 2.04. The molecule has 0 fully saturated rings. The summed E-state index contributed by atoms with van der Waals surface area (Å²) in [6.07, 6.45) is 10.1. The van der Waals surface area contributed by atoms with Crippen LogP contribution in [0.2, 0.25) is 0 Å². The predicted molar refractivity (Wildman–Crippen MR) is 44.8 cm³/mol. The molecule has 0 saturated carbocycles. The Morgan fingerprint density at radius 2 is 2.50 bits per heavy atom. The van der Waals surface area contributed by atoms with Crippen LogP contribution in [0.4, 0.5) is 0 Å². The molecule has 0 bridgehead atoms. The van der Waals surface area contributed by atoms with Crippen molar-refractivity contribution in [3.8, 4) is 0 Å². The first-order valence-electron chi connectivity index (χ1n) is 4.03. The molecule has 0 heterocycles. The summed E-state index contributed by atoms with van der Waals surface area (Å²) in [7, 11) is 0. The summed E-state index contributed by atoms with van der Waals surface area (Å²) in [5.74, 6) is 0. The average molecular weight is 137 g/mol. The van der Waals surface area contributed by atoms with Gasteiger partial charge in [-0.2, -0.15) is 0 Å². The van der Waals surface area contributed by atoms with Gasteiger partial charge in [-0.15, -0.1) is 0 Å². The Labute approximate surface area is 62.8 Å². The van der Waals surface area contributed by atoms with E-state index in [-0.39, 0.29) is 0 Å². The van der Waals surface area contributed by atoms with Gasteiger partial charge in [0.05, 0.1) is 0 Å². The first-order valence-corrected chi connectivity index (χ1v) is 4.03. The summed E-state index contributed by atoms with van der Waals surface area (Å²) in [5.41, 5.74) is 1.37. The Morgan fingerprint density at radius 1 is 1.60 bits per heavy atom. The number of nitrogens with one attached hydrogen (secondary N) is 1. The van der Waals surface area contributed by atoms with Crippen LogP contribution in [0, 0.1) is 0 Å². The second-order valence-electron chi connectivity index (χ2n) is 2.60. The van der Waals surface area contributed by atoms with Gasteiger partial charge in [0, 0.05) is 18.7 Å². The number of rotatable bonds is 4. The zero-order chi connectivity index (χ0) is 7.23. The van der Waals surface area contributed by atoms with E-state index in [1.807, 2.05) is 0 Å². The maximum absolute atomic E-state index is 3.38. The quantitative estimate of drug-likeness (QED) is 0.586. The van der Waals surface area contributed by atoms with Crippen molar-refractivity contribution in [3.05, 3.63) is 23.9 Å². The fourth-order valence-corrected chi connectivity index (χ4v) is 1.00. The predicted octanol–water partition coefficient (Wildman–Crippen LogP) is 2.22. The van der Waals surface area contributed by atoms with E-state index in [0.29, 0.717) is 0 Å². The molecule has 0 aromatic heterocycles. The largest absolute Gasteiger partial charge is 0.388 e. The summed E-state index contributed by atoms with van der Waals surface area (Å²) in [5, 5.41) is 3.38. The van der Waals surface area contributed by atoms with Crippen molar-refractivity contribution in [2.75, 3.05) is 6.54 Å². The van der Waals surface area contributed by atoms with Crippen molar-refractivity contribution in [1.29, 1.82) is 0 Å². The molecule has 10 heavy (non-hydrogen) atoms. The van der Waals surface area contributed by atoms with E-state index < -0.39 is 0 Å². The first kappa shape index (κ1) is 7.39. The highest BCUT2D eigenvalue weighted by molar-refractivity contribution is 5.21. The topological polar surface area (TPSA) is 12.0 Å². The fraction of sp³-hybridized carbons (Fsp3) is 0.556. The maximum Gasteiger partial charge on any atom is 0.0145 e. The van der Waals surface area contributed by atoms with Crippen molar-refractivity contribution in [3.63, 3.8) is 0 Å². The monoisotopic (exact) mass is 137 g/mol. The fourth-order valence-electron chi connectivity index (χ4n) is 1.00. The zero-order valence-electron chi connectivity index (χ0n) is 6.56. The van der Waals surface area contributed by atoms with Crippen molar-refractivity contribution < 1.29 is 0 Å². The van der Waals surface area contributed by atoms with E-state index in [4.69, 9.17) is 0 Å². The minimum Gasteiger partial charge on any atom is -0.388 e. The Hall–Kier alpha value is -0.720. The van der Waals surface area contributed by atoms with Crippen LogP contribution in [-0.2, 0) is 0 Å². The van der Waals surface area contributed by atoms with E-state index in [2.05, 4.69) is 30.5 Å². The van der Waals surface area contributed by atoms with Crippen LogP contribution in [-0.4, -0.2) is 6.54 Å². The van der Waals surface area contributed by atoms with Crippen LogP contribution < -0.4 is 5.32 Å². The van der Waals surface area contributed by atoms with Gasteiger partial charge >= 0.3 is 0 Å². The lowest BCUT2D eigenvalue weighted by atomic mass is 10.3. The molecular weight excluding hydrogens is 122 g/mol. The van der Waals surface area contributed by atoms with Crippen molar-refractivity contribution in [2.24, 2.45) is 0 Å². The smallest absolute Gasteiger partial charge is 0.0145 e. The van der Waals surface area contributed by atoms with Gasteiger partial charge in [-0.3, -0.25) is 0 Å². The van der Waals surface area contributed by atoms with Crippen LogP contribution in [0.3, 0.4) is 0 Å². The van der Waals surface area contributed by atoms with Crippen LogP contribution in [0.15, 0.2) is 23.9 Å². The molecule has 1 aliphatic rings. The highest BCUT2D eigenvalue weighted by Crippen LogP contribution is 2.05. The second-order valence-corrected chi connectivity index (χ2v) is 2.60. The second kappa shape index (κ2) is 4.15. The molecule has 0 saturated heterocycles. The third kappa shape index (κ3) is 2.26. The number of hydrogen-bond acceptors (Lipinski definition) is 1. The van der Waals surface area contributed by atoms with Gasteiger partial charge in [0.15, 0.2) is 0 Å². The van der Waals surface area contributed by atoms with Gasteiger partial charge in [-0.05, 0) is 12.5 Å². The third-order valence-electron chi connectivity index (χ3n) is 1.65. The van der Waals surface area contributed by atoms with Gasteiger partial charge in [0.2, 0.25) is 0 Å². The molecule has 0 aromatic rings. The minimum atomic E-state index is 1.10. The standard InChI is InChI=1S/C9H15N/c1-2-3-8-10-9-6-4-5-7-9/h4-6,10H,2-3,7-8H2,1H3. The SMILES string of the molecule is CCCCNC1=CC=CC1. The highest BCUT2D eigenvalue weighted by atomic mass is 14.9. The molecule has 56 valence electrons. The van der Waals surface area contributed by atoms with E-state index in [1.165, 1.54) is 18.5 Å². The maximum atomic E-state index is 3.38. The van der Waals surface area contributed by atoms with Crippen molar-refractivity contribution in [1.82, 2.24) is 5.32 Å². The molecule has 1 nitrogen and oxygen atoms in total. The van der Waals surface area contributed by atoms with E-state index in [9.17, 15) is 0 Å². The van der Waals surface area contributed by atoms with E-state index in [0.717, 1.165) is 13.0 Å².